The zero-order valence-electron chi connectivity index (χ0n) is 8.85. The van der Waals surface area contributed by atoms with E-state index in [1.807, 2.05) is 19.1 Å². The fourth-order valence-electron chi connectivity index (χ4n) is 1.28. The molecular weight excluding hydrogens is 226 g/mol. The van der Waals surface area contributed by atoms with Crippen LogP contribution in [0.1, 0.15) is 25.2 Å². The van der Waals surface area contributed by atoms with Crippen molar-refractivity contribution < 1.29 is 4.52 Å². The summed E-state index contributed by atoms with van der Waals surface area (Å²) >= 11 is 5.79. The molecule has 0 bridgehead atoms. The molecule has 0 radical (unpaired) electrons. The van der Waals surface area contributed by atoms with Gasteiger partial charge in [0.15, 0.2) is 5.82 Å². The molecule has 2 rings (SSSR count). The average Bonchev–Trinajstić information content (AvgIpc) is 2.78. The average molecular weight is 238 g/mol. The Morgan fingerprint density at radius 2 is 2.06 bits per heavy atom. The van der Waals surface area contributed by atoms with Crippen LogP contribution in [0, 0.1) is 0 Å². The Morgan fingerprint density at radius 1 is 1.38 bits per heavy atom. The molecule has 0 fully saturated rings. The molecule has 0 amide bonds. The van der Waals surface area contributed by atoms with Crippen molar-refractivity contribution in [2.75, 3.05) is 0 Å². The molecule has 0 saturated heterocycles. The fourth-order valence-corrected chi connectivity index (χ4v) is 1.40. The molecule has 1 aromatic heterocycles. The summed E-state index contributed by atoms with van der Waals surface area (Å²) in [5.41, 5.74) is 6.64. The monoisotopic (exact) mass is 237 g/mol. The Labute approximate surface area is 98.4 Å². The molecule has 1 heterocycles. The van der Waals surface area contributed by atoms with E-state index in [0.29, 0.717) is 16.7 Å². The number of halogens is 1. The van der Waals surface area contributed by atoms with Crippen molar-refractivity contribution in [1.82, 2.24) is 10.1 Å². The molecule has 1 aromatic carbocycles. The first-order valence-corrected chi connectivity index (χ1v) is 5.43. The summed E-state index contributed by atoms with van der Waals surface area (Å²) in [6.45, 7) is 1.98. The summed E-state index contributed by atoms with van der Waals surface area (Å²) in [5, 5.41) is 4.52. The molecule has 1 atom stereocenters. The molecule has 1 unspecified atom stereocenters. The van der Waals surface area contributed by atoms with Gasteiger partial charge in [-0.15, -0.1) is 0 Å². The van der Waals surface area contributed by atoms with E-state index in [1.54, 1.807) is 12.1 Å². The number of nitrogens with two attached hydrogens (primary N) is 1. The van der Waals surface area contributed by atoms with Crippen LogP contribution in [0.15, 0.2) is 28.8 Å². The highest BCUT2D eigenvalue weighted by Gasteiger charge is 2.13. The zero-order valence-corrected chi connectivity index (χ0v) is 9.61. The lowest BCUT2D eigenvalue weighted by Gasteiger charge is -1.99. The first kappa shape index (κ1) is 11.1. The van der Waals surface area contributed by atoms with Gasteiger partial charge in [-0.05, 0) is 30.7 Å². The summed E-state index contributed by atoms with van der Waals surface area (Å²) in [6, 6.07) is 7.04. The van der Waals surface area contributed by atoms with Crippen molar-refractivity contribution in [3.8, 4) is 11.5 Å². The van der Waals surface area contributed by atoms with Gasteiger partial charge in [-0.25, -0.2) is 0 Å². The van der Waals surface area contributed by atoms with Gasteiger partial charge >= 0.3 is 0 Å². The molecule has 0 aliphatic rings. The number of hydrogen-bond donors (Lipinski definition) is 1. The Hall–Kier alpha value is -1.39. The number of aromatic nitrogens is 2. The van der Waals surface area contributed by atoms with Gasteiger partial charge in [0.25, 0.3) is 5.89 Å². The molecule has 0 spiro atoms. The Morgan fingerprint density at radius 3 is 2.69 bits per heavy atom. The van der Waals surface area contributed by atoms with Crippen LogP contribution < -0.4 is 5.73 Å². The maximum atomic E-state index is 5.80. The van der Waals surface area contributed by atoms with Gasteiger partial charge in [-0.1, -0.05) is 23.7 Å². The van der Waals surface area contributed by atoms with Crippen LogP contribution in [-0.4, -0.2) is 10.1 Å². The van der Waals surface area contributed by atoms with E-state index in [-0.39, 0.29) is 6.04 Å². The Kier molecular flexibility index (Phi) is 3.22. The highest BCUT2D eigenvalue weighted by Crippen LogP contribution is 2.21. The number of rotatable bonds is 3. The minimum absolute atomic E-state index is 0.176. The number of nitrogens with zero attached hydrogens (tertiary/aromatic N) is 2. The highest BCUT2D eigenvalue weighted by molar-refractivity contribution is 6.30. The second-order valence-corrected chi connectivity index (χ2v) is 3.92. The van der Waals surface area contributed by atoms with Crippen LogP contribution in [0.3, 0.4) is 0 Å². The van der Waals surface area contributed by atoms with Crippen LogP contribution in [0.5, 0.6) is 0 Å². The predicted octanol–water partition coefficient (Wildman–Crippen LogP) is 2.80. The van der Waals surface area contributed by atoms with Crippen molar-refractivity contribution in [3.63, 3.8) is 0 Å². The molecule has 2 N–H and O–H groups in total. The van der Waals surface area contributed by atoms with E-state index in [0.717, 1.165) is 12.0 Å². The van der Waals surface area contributed by atoms with Crippen LogP contribution in [0.2, 0.25) is 5.02 Å². The second-order valence-electron chi connectivity index (χ2n) is 3.48. The molecule has 4 nitrogen and oxygen atoms in total. The van der Waals surface area contributed by atoms with E-state index < -0.39 is 0 Å². The van der Waals surface area contributed by atoms with Crippen molar-refractivity contribution in [3.05, 3.63) is 35.1 Å². The predicted molar refractivity (Wildman–Crippen MR) is 62.0 cm³/mol. The van der Waals surface area contributed by atoms with Crippen molar-refractivity contribution >= 4 is 11.6 Å². The third-order valence-corrected chi connectivity index (χ3v) is 2.56. The summed E-state index contributed by atoms with van der Waals surface area (Å²) in [4.78, 5) is 4.24. The lowest BCUT2D eigenvalue weighted by molar-refractivity contribution is 0.415. The largest absolute Gasteiger partial charge is 0.334 e. The topological polar surface area (TPSA) is 64.9 Å². The van der Waals surface area contributed by atoms with E-state index in [4.69, 9.17) is 21.9 Å². The van der Waals surface area contributed by atoms with Crippen LogP contribution in [0.25, 0.3) is 11.5 Å². The molecule has 16 heavy (non-hydrogen) atoms. The van der Waals surface area contributed by atoms with Gasteiger partial charge in [-0.3, -0.25) is 0 Å². The minimum Gasteiger partial charge on any atom is -0.334 e. The molecule has 0 saturated carbocycles. The molecule has 5 heteroatoms. The third kappa shape index (κ3) is 2.23. The van der Waals surface area contributed by atoms with E-state index in [1.165, 1.54) is 0 Å². The van der Waals surface area contributed by atoms with Gasteiger partial charge in [-0.2, -0.15) is 4.98 Å². The quantitative estimate of drug-likeness (QED) is 0.892. The van der Waals surface area contributed by atoms with E-state index in [2.05, 4.69) is 10.1 Å². The summed E-state index contributed by atoms with van der Waals surface area (Å²) in [5.74, 6) is 1.00. The maximum absolute atomic E-state index is 5.80. The maximum Gasteiger partial charge on any atom is 0.257 e. The molecule has 0 aliphatic heterocycles. The number of hydrogen-bond acceptors (Lipinski definition) is 4. The fraction of sp³-hybridized carbons (Fsp3) is 0.273. The zero-order chi connectivity index (χ0) is 11.5. The Balaban J connectivity index is 2.28. The van der Waals surface area contributed by atoms with Crippen LogP contribution in [-0.2, 0) is 0 Å². The third-order valence-electron chi connectivity index (χ3n) is 2.30. The highest BCUT2D eigenvalue weighted by atomic mass is 35.5. The van der Waals surface area contributed by atoms with Gasteiger partial charge in [0, 0.05) is 10.6 Å². The summed E-state index contributed by atoms with van der Waals surface area (Å²) < 4.78 is 5.13. The van der Waals surface area contributed by atoms with Crippen LogP contribution >= 0.6 is 11.6 Å². The first-order chi connectivity index (χ1) is 7.70. The summed E-state index contributed by atoms with van der Waals surface area (Å²) in [6.07, 6.45) is 0.777. The van der Waals surface area contributed by atoms with E-state index >= 15 is 0 Å². The molecular formula is C11H12ClN3O. The normalized spacial score (nSPS) is 12.7. The summed E-state index contributed by atoms with van der Waals surface area (Å²) in [7, 11) is 0. The van der Waals surface area contributed by atoms with Crippen molar-refractivity contribution in [2.24, 2.45) is 5.73 Å². The standard InChI is InChI=1S/C11H12ClN3O/c1-2-9(13)10-14-11(16-15-10)7-3-5-8(12)6-4-7/h3-6,9H,2,13H2,1H3. The van der Waals surface area contributed by atoms with Gasteiger partial charge in [0.1, 0.15) is 0 Å². The molecule has 0 aliphatic carbocycles. The Bertz CT molecular complexity index is 466. The van der Waals surface area contributed by atoms with Crippen molar-refractivity contribution in [1.29, 1.82) is 0 Å². The molecule has 2 aromatic rings. The van der Waals surface area contributed by atoms with Crippen molar-refractivity contribution in [2.45, 2.75) is 19.4 Å². The first-order valence-electron chi connectivity index (χ1n) is 5.06. The minimum atomic E-state index is -0.176. The van der Waals surface area contributed by atoms with Gasteiger partial charge < -0.3 is 10.3 Å². The van der Waals surface area contributed by atoms with Gasteiger partial charge in [0.2, 0.25) is 0 Å². The molecule has 84 valence electrons. The number of benzene rings is 1. The van der Waals surface area contributed by atoms with Gasteiger partial charge in [0.05, 0.1) is 6.04 Å². The van der Waals surface area contributed by atoms with E-state index in [9.17, 15) is 0 Å². The lowest BCUT2D eigenvalue weighted by atomic mass is 10.2. The smallest absolute Gasteiger partial charge is 0.257 e. The lowest BCUT2D eigenvalue weighted by Crippen LogP contribution is -2.10. The second kappa shape index (κ2) is 4.63. The SMILES string of the molecule is CCC(N)c1noc(-c2ccc(Cl)cc2)n1. The van der Waals surface area contributed by atoms with Crippen LogP contribution in [0.4, 0.5) is 0 Å².